The van der Waals surface area contributed by atoms with Gasteiger partial charge in [0.25, 0.3) is 5.91 Å². The minimum Gasteiger partial charge on any atom is -0.368 e. The molecule has 1 amide bonds. The van der Waals surface area contributed by atoms with E-state index < -0.39 is 10.0 Å². The zero-order valence-electron chi connectivity index (χ0n) is 14.7. The van der Waals surface area contributed by atoms with E-state index in [9.17, 15) is 17.6 Å². The Bertz CT molecular complexity index is 943. The Hall–Kier alpha value is -2.32. The number of amides is 1. The molecule has 9 heteroatoms. The second-order valence-corrected chi connectivity index (χ2v) is 8.48. The molecule has 0 atom stereocenters. The number of carbonyl (C=O) groups is 1. The van der Waals surface area contributed by atoms with Gasteiger partial charge in [-0.3, -0.25) is 9.52 Å². The molecule has 1 aliphatic rings. The van der Waals surface area contributed by atoms with Gasteiger partial charge in [0.2, 0.25) is 10.0 Å². The molecule has 0 saturated carbocycles. The number of nitrogens with one attached hydrogen (secondary N) is 1. The lowest BCUT2D eigenvalue weighted by molar-refractivity contribution is 0.0747. The molecule has 0 radical (unpaired) electrons. The average Bonchev–Trinajstić information content (AvgIpc) is 2.62. The number of hydrogen-bond donors (Lipinski definition) is 1. The van der Waals surface area contributed by atoms with Crippen molar-refractivity contribution >= 4 is 38.9 Å². The van der Waals surface area contributed by atoms with Gasteiger partial charge in [-0.25, -0.2) is 12.8 Å². The van der Waals surface area contributed by atoms with Crippen molar-refractivity contribution in [3.8, 4) is 0 Å². The predicted molar refractivity (Wildman–Crippen MR) is 104 cm³/mol. The van der Waals surface area contributed by atoms with Crippen LogP contribution in [-0.4, -0.2) is 51.7 Å². The van der Waals surface area contributed by atoms with Crippen LogP contribution in [0.1, 0.15) is 10.4 Å². The Kier molecular flexibility index (Phi) is 5.57. The molecule has 0 aromatic heterocycles. The summed E-state index contributed by atoms with van der Waals surface area (Å²) in [5.41, 5.74) is 1.55. The highest BCUT2D eigenvalue weighted by molar-refractivity contribution is 7.92. The van der Waals surface area contributed by atoms with Crippen LogP contribution in [0.2, 0.25) is 5.02 Å². The van der Waals surface area contributed by atoms with E-state index in [0.29, 0.717) is 31.7 Å². The van der Waals surface area contributed by atoms with Crippen molar-refractivity contribution in [2.24, 2.45) is 0 Å². The maximum Gasteiger partial charge on any atom is 0.254 e. The molecule has 0 spiro atoms. The number of anilines is 2. The molecule has 2 aromatic rings. The van der Waals surface area contributed by atoms with Crippen molar-refractivity contribution in [1.82, 2.24) is 4.90 Å². The molecule has 1 heterocycles. The molecule has 1 saturated heterocycles. The molecule has 3 rings (SSSR count). The van der Waals surface area contributed by atoms with E-state index in [2.05, 4.69) is 9.62 Å². The molecular formula is C18H19ClFN3O3S. The van der Waals surface area contributed by atoms with Crippen molar-refractivity contribution in [2.45, 2.75) is 0 Å². The number of sulfonamides is 1. The third-order valence-electron chi connectivity index (χ3n) is 4.27. The van der Waals surface area contributed by atoms with Gasteiger partial charge in [-0.15, -0.1) is 0 Å². The highest BCUT2D eigenvalue weighted by Gasteiger charge is 2.23. The summed E-state index contributed by atoms with van der Waals surface area (Å²) in [6, 6.07) is 10.8. The van der Waals surface area contributed by atoms with Crippen molar-refractivity contribution in [2.75, 3.05) is 42.1 Å². The Morgan fingerprint density at radius 3 is 2.26 bits per heavy atom. The van der Waals surface area contributed by atoms with Crippen LogP contribution in [0.15, 0.2) is 42.5 Å². The number of carbonyl (C=O) groups excluding carboxylic acids is 1. The summed E-state index contributed by atoms with van der Waals surface area (Å²) in [6.45, 7) is 2.33. The van der Waals surface area contributed by atoms with Gasteiger partial charge < -0.3 is 9.80 Å². The van der Waals surface area contributed by atoms with Gasteiger partial charge in [0.05, 0.1) is 17.0 Å². The van der Waals surface area contributed by atoms with E-state index in [1.54, 1.807) is 23.1 Å². The Morgan fingerprint density at radius 2 is 1.70 bits per heavy atom. The highest BCUT2D eigenvalue weighted by atomic mass is 35.5. The van der Waals surface area contributed by atoms with E-state index in [-0.39, 0.29) is 22.4 Å². The fraction of sp³-hybridized carbons (Fsp3) is 0.278. The third-order valence-corrected chi connectivity index (χ3v) is 5.17. The molecule has 0 bridgehead atoms. The lowest BCUT2D eigenvalue weighted by Gasteiger charge is -2.36. The zero-order chi connectivity index (χ0) is 19.6. The molecule has 0 aliphatic carbocycles. The van der Waals surface area contributed by atoms with Crippen LogP contribution >= 0.6 is 11.6 Å². The number of hydrogen-bond acceptors (Lipinski definition) is 4. The van der Waals surface area contributed by atoms with Crippen molar-refractivity contribution < 1.29 is 17.6 Å². The van der Waals surface area contributed by atoms with Gasteiger partial charge in [-0.1, -0.05) is 11.6 Å². The molecule has 0 unspecified atom stereocenters. The first-order valence-corrected chi connectivity index (χ1v) is 10.6. The van der Waals surface area contributed by atoms with Gasteiger partial charge in [0, 0.05) is 37.4 Å². The topological polar surface area (TPSA) is 69.7 Å². The summed E-state index contributed by atoms with van der Waals surface area (Å²) in [5.74, 6) is -0.445. The van der Waals surface area contributed by atoms with Gasteiger partial charge in [0.1, 0.15) is 5.82 Å². The first-order chi connectivity index (χ1) is 12.7. The van der Waals surface area contributed by atoms with Gasteiger partial charge in [0.15, 0.2) is 0 Å². The fourth-order valence-corrected chi connectivity index (χ4v) is 3.79. The van der Waals surface area contributed by atoms with E-state index in [1.807, 2.05) is 0 Å². The highest BCUT2D eigenvalue weighted by Crippen LogP contribution is 2.25. The van der Waals surface area contributed by atoms with Crippen LogP contribution in [-0.2, 0) is 10.0 Å². The summed E-state index contributed by atoms with van der Waals surface area (Å²) < 4.78 is 38.0. The lowest BCUT2D eigenvalue weighted by atomic mass is 10.1. The summed E-state index contributed by atoms with van der Waals surface area (Å²) >= 11 is 6.10. The molecule has 1 N–H and O–H groups in total. The summed E-state index contributed by atoms with van der Waals surface area (Å²) in [7, 11) is -3.45. The third kappa shape index (κ3) is 4.90. The van der Waals surface area contributed by atoms with Gasteiger partial charge in [-0.2, -0.15) is 0 Å². The summed E-state index contributed by atoms with van der Waals surface area (Å²) in [5, 5.41) is 0.163. The maximum atomic E-state index is 13.0. The fourth-order valence-electron chi connectivity index (χ4n) is 2.93. The monoisotopic (exact) mass is 411 g/mol. The molecule has 2 aromatic carbocycles. The Morgan fingerprint density at radius 1 is 1.07 bits per heavy atom. The molecule has 27 heavy (non-hydrogen) atoms. The molecular weight excluding hydrogens is 393 g/mol. The number of nitrogens with zero attached hydrogens (tertiary/aromatic N) is 2. The SMILES string of the molecule is CS(=O)(=O)Nc1ccc(C(=O)N2CCN(c3ccc(F)cc3)CC2)cc1Cl. The maximum absolute atomic E-state index is 13.0. The Labute approximate surface area is 162 Å². The van der Waals surface area contributed by atoms with Crippen molar-refractivity contribution in [1.29, 1.82) is 0 Å². The normalized spacial score (nSPS) is 14.9. The number of halogens is 2. The number of piperazine rings is 1. The second-order valence-electron chi connectivity index (χ2n) is 6.32. The molecule has 6 nitrogen and oxygen atoms in total. The van der Waals surface area contributed by atoms with E-state index in [4.69, 9.17) is 11.6 Å². The first kappa shape index (κ1) is 19.4. The van der Waals surface area contributed by atoms with E-state index >= 15 is 0 Å². The second kappa shape index (κ2) is 7.74. The van der Waals surface area contributed by atoms with Gasteiger partial charge >= 0.3 is 0 Å². The molecule has 1 aliphatic heterocycles. The first-order valence-electron chi connectivity index (χ1n) is 8.30. The van der Waals surface area contributed by atoms with Crippen LogP contribution in [0.25, 0.3) is 0 Å². The zero-order valence-corrected chi connectivity index (χ0v) is 16.2. The van der Waals surface area contributed by atoms with Crippen LogP contribution in [0.3, 0.4) is 0 Å². The summed E-state index contributed by atoms with van der Waals surface area (Å²) in [4.78, 5) is 16.5. The number of rotatable bonds is 4. The van der Waals surface area contributed by atoms with Crippen LogP contribution in [0, 0.1) is 5.82 Å². The summed E-state index contributed by atoms with van der Waals surface area (Å²) in [6.07, 6.45) is 1.03. The largest absolute Gasteiger partial charge is 0.368 e. The quantitative estimate of drug-likeness (QED) is 0.839. The van der Waals surface area contributed by atoms with E-state index in [0.717, 1.165) is 11.9 Å². The predicted octanol–water partition coefficient (Wildman–Crippen LogP) is 2.81. The molecule has 144 valence electrons. The minimum atomic E-state index is -3.45. The molecule has 1 fully saturated rings. The van der Waals surface area contributed by atoms with E-state index in [1.165, 1.54) is 24.3 Å². The standard InChI is InChI=1S/C18H19ClFN3O3S/c1-27(25,26)21-17-7-2-13(12-16(17)19)18(24)23-10-8-22(9-11-23)15-5-3-14(20)4-6-15/h2-7,12,21H,8-11H2,1H3. The Balaban J connectivity index is 1.65. The van der Waals surface area contributed by atoms with Crippen molar-refractivity contribution in [3.05, 3.63) is 58.9 Å². The van der Waals surface area contributed by atoms with Crippen molar-refractivity contribution in [3.63, 3.8) is 0 Å². The smallest absolute Gasteiger partial charge is 0.254 e. The van der Waals surface area contributed by atoms with Gasteiger partial charge in [-0.05, 0) is 42.5 Å². The van der Waals surface area contributed by atoms with Crippen LogP contribution < -0.4 is 9.62 Å². The number of benzene rings is 2. The van der Waals surface area contributed by atoms with Crippen LogP contribution in [0.4, 0.5) is 15.8 Å². The minimum absolute atomic E-state index is 0.163. The average molecular weight is 412 g/mol. The van der Waals surface area contributed by atoms with Crippen LogP contribution in [0.5, 0.6) is 0 Å². The lowest BCUT2D eigenvalue weighted by Crippen LogP contribution is -2.48.